The van der Waals surface area contributed by atoms with Crippen LogP contribution in [0.25, 0.3) is 10.9 Å². The predicted molar refractivity (Wildman–Crippen MR) is 111 cm³/mol. The van der Waals surface area contributed by atoms with E-state index in [1.807, 2.05) is 31.3 Å². The molecule has 1 unspecified atom stereocenters. The zero-order valence-electron chi connectivity index (χ0n) is 16.1. The summed E-state index contributed by atoms with van der Waals surface area (Å²) in [4.78, 5) is 2.90. The van der Waals surface area contributed by atoms with Crippen molar-refractivity contribution in [3.05, 3.63) is 54.0 Å². The number of nitrogens with one attached hydrogen (secondary N) is 1. The summed E-state index contributed by atoms with van der Waals surface area (Å²) in [5.41, 5.74) is 2.64. The van der Waals surface area contributed by atoms with Crippen molar-refractivity contribution in [2.75, 3.05) is 38.2 Å². The molecule has 0 radical (unpaired) electrons. The Bertz CT molecular complexity index is 1030. The van der Waals surface area contributed by atoms with Gasteiger partial charge in [-0.2, -0.15) is 0 Å². The summed E-state index contributed by atoms with van der Waals surface area (Å²) in [6, 6.07) is 10.3. The van der Waals surface area contributed by atoms with Crippen molar-refractivity contribution in [1.82, 2.24) is 9.29 Å². The van der Waals surface area contributed by atoms with Crippen LogP contribution in [0.2, 0.25) is 0 Å². The van der Waals surface area contributed by atoms with Gasteiger partial charge in [-0.15, -0.1) is 0 Å². The second kappa shape index (κ2) is 7.93. The molecule has 0 aliphatic carbocycles. The molecule has 1 aliphatic heterocycles. The number of rotatable bonds is 5. The van der Waals surface area contributed by atoms with Gasteiger partial charge in [0.15, 0.2) is 11.0 Å². The van der Waals surface area contributed by atoms with Gasteiger partial charge in [-0.25, -0.2) is 8.60 Å². The highest BCUT2D eigenvalue weighted by Gasteiger charge is 2.19. The number of fused-ring (bicyclic) bond motifs is 1. The van der Waals surface area contributed by atoms with Gasteiger partial charge in [-0.3, -0.25) is 3.97 Å². The van der Waals surface area contributed by atoms with E-state index in [0.29, 0.717) is 10.4 Å². The maximum Gasteiger partial charge on any atom is 0.157 e. The molecule has 1 fully saturated rings. The lowest BCUT2D eigenvalue weighted by molar-refractivity contribution is 0.412. The zero-order valence-corrected chi connectivity index (χ0v) is 16.9. The smallest absolute Gasteiger partial charge is 0.157 e. The van der Waals surface area contributed by atoms with E-state index in [1.54, 1.807) is 17.1 Å². The summed E-state index contributed by atoms with van der Waals surface area (Å²) in [6.07, 6.45) is 2.66. The molecule has 0 bridgehead atoms. The van der Waals surface area contributed by atoms with Gasteiger partial charge in [0.2, 0.25) is 0 Å². The molecule has 3 aromatic rings. The van der Waals surface area contributed by atoms with Crippen LogP contribution >= 0.6 is 0 Å². The molecule has 2 heterocycles. The summed E-state index contributed by atoms with van der Waals surface area (Å²) in [5.74, 6) is 0.433. The van der Waals surface area contributed by atoms with Gasteiger partial charge < -0.3 is 15.0 Å². The minimum Gasteiger partial charge on any atom is -0.495 e. The van der Waals surface area contributed by atoms with Gasteiger partial charge >= 0.3 is 0 Å². The van der Waals surface area contributed by atoms with Gasteiger partial charge in [0.25, 0.3) is 0 Å². The second-order valence-electron chi connectivity index (χ2n) is 6.82. The number of anilines is 1. The highest BCUT2D eigenvalue weighted by molar-refractivity contribution is 7.83. The molecule has 2 aromatic carbocycles. The van der Waals surface area contributed by atoms with Crippen LogP contribution < -0.4 is 15.0 Å². The van der Waals surface area contributed by atoms with E-state index >= 15 is 0 Å². The Labute approximate surface area is 166 Å². The predicted octanol–water partition coefficient (Wildman–Crippen LogP) is 3.33. The van der Waals surface area contributed by atoms with Crippen molar-refractivity contribution >= 4 is 27.6 Å². The van der Waals surface area contributed by atoms with E-state index in [1.165, 1.54) is 12.1 Å². The maximum absolute atomic E-state index is 13.9. The lowest BCUT2D eigenvalue weighted by atomic mass is 10.1. The number of methoxy groups -OCH3 is 1. The SMILES string of the molecule is CCc1cn(S(=O)c2ccc(OC)c(N3CCNCC3)c2)c2cc(F)ccc12. The first-order chi connectivity index (χ1) is 13.6. The summed E-state index contributed by atoms with van der Waals surface area (Å²) < 4.78 is 34.5. The van der Waals surface area contributed by atoms with E-state index in [-0.39, 0.29) is 5.82 Å². The fourth-order valence-electron chi connectivity index (χ4n) is 3.70. The van der Waals surface area contributed by atoms with E-state index in [4.69, 9.17) is 4.74 Å². The molecular formula is C21H24FN3O2S. The molecule has 5 nitrogen and oxygen atoms in total. The normalized spacial score (nSPS) is 15.8. The first-order valence-electron chi connectivity index (χ1n) is 9.48. The molecule has 148 valence electrons. The van der Waals surface area contributed by atoms with Crippen LogP contribution in [0.5, 0.6) is 5.75 Å². The zero-order chi connectivity index (χ0) is 19.7. The van der Waals surface area contributed by atoms with E-state index in [2.05, 4.69) is 10.2 Å². The molecule has 0 saturated carbocycles. The quantitative estimate of drug-likeness (QED) is 0.712. The number of benzene rings is 2. The summed E-state index contributed by atoms with van der Waals surface area (Å²) in [7, 11) is 0.163. The Hall–Kier alpha value is -2.38. The standard InChI is InChI=1S/C21H24FN3O2S/c1-3-15-14-25(19-12-16(22)4-6-18(15)19)28(26)17-5-7-21(27-2)20(13-17)24-10-8-23-9-11-24/h4-7,12-14,23H,3,8-11H2,1-2H3. The van der Waals surface area contributed by atoms with Crippen molar-refractivity contribution in [3.63, 3.8) is 0 Å². The third-order valence-corrected chi connectivity index (χ3v) is 6.50. The monoisotopic (exact) mass is 401 g/mol. The Morgan fingerprint density at radius 3 is 2.68 bits per heavy atom. The Morgan fingerprint density at radius 1 is 1.18 bits per heavy atom. The van der Waals surface area contributed by atoms with E-state index in [9.17, 15) is 8.60 Å². The van der Waals surface area contributed by atoms with E-state index < -0.39 is 11.0 Å². The van der Waals surface area contributed by atoms with Crippen LogP contribution in [0.4, 0.5) is 10.1 Å². The molecule has 1 aliphatic rings. The van der Waals surface area contributed by atoms with Crippen LogP contribution in [-0.2, 0) is 17.4 Å². The van der Waals surface area contributed by atoms with Crippen LogP contribution in [0.1, 0.15) is 12.5 Å². The number of piperazine rings is 1. The van der Waals surface area contributed by atoms with Crippen molar-refractivity contribution in [2.24, 2.45) is 0 Å². The minimum atomic E-state index is -1.48. The third kappa shape index (κ3) is 3.40. The average Bonchev–Trinajstić information content (AvgIpc) is 3.11. The number of hydrogen-bond acceptors (Lipinski definition) is 4. The molecule has 1 aromatic heterocycles. The van der Waals surface area contributed by atoms with Gasteiger partial charge in [0.05, 0.1) is 23.2 Å². The molecule has 28 heavy (non-hydrogen) atoms. The Balaban J connectivity index is 1.78. The van der Waals surface area contributed by atoms with Crippen LogP contribution in [0, 0.1) is 5.82 Å². The van der Waals surface area contributed by atoms with Gasteiger partial charge in [-0.1, -0.05) is 6.92 Å². The fraction of sp³-hybridized carbons (Fsp3) is 0.333. The van der Waals surface area contributed by atoms with Crippen molar-refractivity contribution in [2.45, 2.75) is 18.2 Å². The third-order valence-electron chi connectivity index (χ3n) is 5.19. The van der Waals surface area contributed by atoms with Crippen LogP contribution in [0.3, 0.4) is 0 Å². The number of aromatic nitrogens is 1. The highest BCUT2D eigenvalue weighted by Crippen LogP contribution is 2.32. The van der Waals surface area contributed by atoms with Gasteiger partial charge in [-0.05, 0) is 48.4 Å². The first-order valence-corrected chi connectivity index (χ1v) is 10.6. The minimum absolute atomic E-state index is 0.331. The lowest BCUT2D eigenvalue weighted by Gasteiger charge is -2.30. The molecule has 0 amide bonds. The maximum atomic E-state index is 13.9. The number of nitrogens with zero attached hydrogens (tertiary/aromatic N) is 2. The van der Waals surface area contributed by atoms with Crippen molar-refractivity contribution in [3.8, 4) is 5.75 Å². The summed E-state index contributed by atoms with van der Waals surface area (Å²) in [5, 5.41) is 4.28. The Morgan fingerprint density at radius 2 is 1.96 bits per heavy atom. The Kier molecular flexibility index (Phi) is 5.37. The van der Waals surface area contributed by atoms with Gasteiger partial charge in [0.1, 0.15) is 11.6 Å². The topological polar surface area (TPSA) is 46.5 Å². The van der Waals surface area contributed by atoms with Gasteiger partial charge in [0, 0.05) is 37.8 Å². The highest BCUT2D eigenvalue weighted by atomic mass is 32.2. The number of ether oxygens (including phenoxy) is 1. The molecule has 1 N–H and O–H groups in total. The molecule has 0 spiro atoms. The lowest BCUT2D eigenvalue weighted by Crippen LogP contribution is -2.43. The van der Waals surface area contributed by atoms with Crippen LogP contribution in [-0.4, -0.2) is 41.5 Å². The van der Waals surface area contributed by atoms with Crippen molar-refractivity contribution in [1.29, 1.82) is 0 Å². The molecule has 1 atom stereocenters. The number of halogens is 1. The van der Waals surface area contributed by atoms with Crippen molar-refractivity contribution < 1.29 is 13.3 Å². The largest absolute Gasteiger partial charge is 0.495 e. The number of aryl methyl sites for hydroxylation is 1. The second-order valence-corrected chi connectivity index (χ2v) is 8.18. The summed E-state index contributed by atoms with van der Waals surface area (Å²) >= 11 is 0. The fourth-order valence-corrected chi connectivity index (χ4v) is 4.88. The average molecular weight is 402 g/mol. The molecule has 7 heteroatoms. The summed E-state index contributed by atoms with van der Waals surface area (Å²) in [6.45, 7) is 5.57. The van der Waals surface area contributed by atoms with E-state index in [0.717, 1.165) is 55.0 Å². The molecule has 1 saturated heterocycles. The van der Waals surface area contributed by atoms with Crippen LogP contribution in [0.15, 0.2) is 47.5 Å². The molecule has 4 rings (SSSR count). The first kappa shape index (κ1) is 19.0. The molecular weight excluding hydrogens is 377 g/mol. The number of hydrogen-bond donors (Lipinski definition) is 1.